The van der Waals surface area contributed by atoms with Crippen molar-refractivity contribution in [1.82, 2.24) is 40.0 Å². The SMILES string of the molecule is C=C/C(=C(\N=C/C)[C@H](C)OC)c1c2c3cc(ccc3n1CC)-c1csc(n1)C[C@H](NC(=O)[C@H](C(C)C)N1CCC3(CCN(C(=O)C#CC(C)(C)N(C)C)CC3)C1=O)C(=O)N1CCC[C@H](N1)C(=O)OCC(C)(C)C2. The van der Waals surface area contributed by atoms with E-state index >= 15 is 0 Å². The van der Waals surface area contributed by atoms with Gasteiger partial charge in [-0.1, -0.05) is 52.3 Å². The lowest BCUT2D eigenvalue weighted by Gasteiger charge is -2.39. The van der Waals surface area contributed by atoms with Gasteiger partial charge in [0.05, 0.1) is 45.8 Å². The van der Waals surface area contributed by atoms with Crippen LogP contribution in [0.25, 0.3) is 27.7 Å². The summed E-state index contributed by atoms with van der Waals surface area (Å²) in [7, 11) is 5.51. The number of hydrogen-bond donors (Lipinski definition) is 2. The maximum Gasteiger partial charge on any atom is 0.324 e. The highest BCUT2D eigenvalue weighted by molar-refractivity contribution is 7.10. The smallest absolute Gasteiger partial charge is 0.324 e. The van der Waals surface area contributed by atoms with E-state index in [0.29, 0.717) is 76.3 Å². The summed E-state index contributed by atoms with van der Waals surface area (Å²) in [6.45, 7) is 24.4. The van der Waals surface area contributed by atoms with Gasteiger partial charge in [0.2, 0.25) is 11.8 Å². The van der Waals surface area contributed by atoms with Crippen molar-refractivity contribution in [2.45, 2.75) is 144 Å². The fraction of sp³-hybridized carbons (Fsp3) is 0.589. The second kappa shape index (κ2) is 22.4. The van der Waals surface area contributed by atoms with Crippen molar-refractivity contribution < 1.29 is 33.4 Å². The minimum absolute atomic E-state index is 0.0770. The number of carbonyl (C=O) groups excluding carboxylic acids is 5. The van der Waals surface area contributed by atoms with Crippen molar-refractivity contribution in [2.75, 3.05) is 54.0 Å². The number of aryl methyl sites for hydroxylation is 1. The Labute approximate surface area is 436 Å². The van der Waals surface area contributed by atoms with E-state index in [0.717, 1.165) is 44.7 Å². The summed E-state index contributed by atoms with van der Waals surface area (Å²) in [5, 5.41) is 8.17. The number of allylic oxidation sites excluding steroid dienone is 2. The fourth-order valence-corrected chi connectivity index (χ4v) is 11.5. The van der Waals surface area contributed by atoms with Crippen molar-refractivity contribution in [3.05, 3.63) is 58.2 Å². The van der Waals surface area contributed by atoms with E-state index in [4.69, 9.17) is 19.5 Å². The molecule has 3 fully saturated rings. The number of hydrogen-bond acceptors (Lipinski definition) is 12. The molecular weight excluding hydrogens is 943 g/mol. The van der Waals surface area contributed by atoms with Gasteiger partial charge in [0, 0.05) is 85.3 Å². The van der Waals surface area contributed by atoms with Crippen LogP contribution in [-0.4, -0.2) is 149 Å². The van der Waals surface area contributed by atoms with Crippen LogP contribution in [0, 0.1) is 28.6 Å². The normalized spacial score (nSPS) is 21.8. The van der Waals surface area contributed by atoms with Gasteiger partial charge in [-0.25, -0.2) is 10.4 Å². The molecule has 6 bridgehead atoms. The minimum Gasteiger partial charge on any atom is -0.464 e. The third kappa shape index (κ3) is 11.5. The number of fused-ring (bicyclic) bond motifs is 6. The lowest BCUT2D eigenvalue weighted by molar-refractivity contribution is -0.155. The second-order valence-corrected chi connectivity index (χ2v) is 22.9. The molecule has 4 atom stereocenters. The first-order chi connectivity index (χ1) is 34.6. The van der Waals surface area contributed by atoms with E-state index in [1.54, 1.807) is 23.1 Å². The maximum atomic E-state index is 14.8. The van der Waals surface area contributed by atoms with Crippen LogP contribution in [0.1, 0.15) is 111 Å². The van der Waals surface area contributed by atoms with Gasteiger partial charge in [-0.15, -0.1) is 11.3 Å². The second-order valence-electron chi connectivity index (χ2n) is 21.9. The molecule has 3 aromatic rings. The van der Waals surface area contributed by atoms with Crippen LogP contribution >= 0.6 is 11.3 Å². The van der Waals surface area contributed by atoms with E-state index in [2.05, 4.69) is 72.7 Å². The fourth-order valence-electron chi connectivity index (χ4n) is 10.7. The molecule has 1 aromatic carbocycles. The lowest BCUT2D eigenvalue weighted by atomic mass is 9.77. The Morgan fingerprint density at radius 2 is 1.84 bits per heavy atom. The molecule has 73 heavy (non-hydrogen) atoms. The number of methoxy groups -OCH3 is 1. The summed E-state index contributed by atoms with van der Waals surface area (Å²) in [6.07, 6.45) is 6.41. The first-order valence-corrected chi connectivity index (χ1v) is 26.8. The number of amides is 4. The minimum atomic E-state index is -1.08. The topological polar surface area (TPSA) is 171 Å². The number of nitrogens with zero attached hydrogens (tertiary/aromatic N) is 7. The first-order valence-electron chi connectivity index (χ1n) is 25.9. The van der Waals surface area contributed by atoms with Gasteiger partial charge in [-0.3, -0.25) is 38.9 Å². The van der Waals surface area contributed by atoms with Gasteiger partial charge in [-0.05, 0) is 117 Å². The van der Waals surface area contributed by atoms with Gasteiger partial charge in [0.1, 0.15) is 18.1 Å². The third-order valence-electron chi connectivity index (χ3n) is 15.4. The molecule has 0 saturated carbocycles. The first kappa shape index (κ1) is 55.1. The number of carbonyl (C=O) groups is 5. The summed E-state index contributed by atoms with van der Waals surface area (Å²) in [4.78, 5) is 86.6. The summed E-state index contributed by atoms with van der Waals surface area (Å²) >= 11 is 1.41. The monoisotopic (exact) mass is 1020 g/mol. The third-order valence-corrected chi connectivity index (χ3v) is 16.3. The molecule has 6 heterocycles. The van der Waals surface area contributed by atoms with E-state index < -0.39 is 52.3 Å². The van der Waals surface area contributed by atoms with Crippen LogP contribution in [0.4, 0.5) is 0 Å². The molecule has 7 rings (SSSR count). The number of aliphatic imine (C=N–C) groups is 1. The average molecular weight is 1020 g/mol. The highest BCUT2D eigenvalue weighted by Gasteiger charge is 2.52. The van der Waals surface area contributed by atoms with Crippen LogP contribution in [0.2, 0.25) is 0 Å². The Bertz CT molecular complexity index is 2730. The molecule has 16 nitrogen and oxygen atoms in total. The number of piperidine rings is 1. The number of esters is 1. The Morgan fingerprint density at radius 3 is 2.48 bits per heavy atom. The van der Waals surface area contributed by atoms with Crippen LogP contribution in [0.5, 0.6) is 0 Å². The molecule has 1 spiro atoms. The molecule has 4 aliphatic rings. The summed E-state index contributed by atoms with van der Waals surface area (Å²) < 4.78 is 14.3. The van der Waals surface area contributed by atoms with Crippen LogP contribution in [-0.2, 0) is 52.8 Å². The van der Waals surface area contributed by atoms with Gasteiger partial charge in [-0.2, -0.15) is 0 Å². The predicted molar refractivity (Wildman–Crippen MR) is 287 cm³/mol. The molecule has 4 amide bonds. The Kier molecular flexibility index (Phi) is 16.9. The van der Waals surface area contributed by atoms with Crippen molar-refractivity contribution in [3.63, 3.8) is 0 Å². The van der Waals surface area contributed by atoms with E-state index in [-0.39, 0.29) is 36.9 Å². The standard InChI is InChI=1S/C56H77N9O7S/c1-14-38(47(57-15-2)36(6)71-13)49-40-32-54(7,8)34-72-52(69)41-18-17-26-65(60-41)51(68)42(31-45-58-43(33-73-45)37-19-20-44(39(40)30-37)63(49)16-3)59-50(67)48(35(4)5)64-29-25-56(53(64)70)23-27-62(28-24-56)46(66)21-22-55(9,10)61(11)12/h14-15,19-20,30,33,35-36,41-42,48,60H,1,16-18,23-29,31-32,34H2,2-13H3,(H,59,67)/b47-38+,57-15-/t36-,41-,42-,48-/m0/s1. The van der Waals surface area contributed by atoms with Crippen molar-refractivity contribution in [1.29, 1.82) is 0 Å². The van der Waals surface area contributed by atoms with Crippen LogP contribution in [0.3, 0.4) is 0 Å². The van der Waals surface area contributed by atoms with Gasteiger partial charge < -0.3 is 29.2 Å². The molecular formula is C56H77N9O7S. The Hall–Kier alpha value is -5.67. The molecule has 0 unspecified atom stereocenters. The van der Waals surface area contributed by atoms with Crippen LogP contribution in [0.15, 0.2) is 46.9 Å². The maximum absolute atomic E-state index is 14.8. The van der Waals surface area contributed by atoms with Crippen LogP contribution < -0.4 is 10.7 Å². The number of thiazole rings is 1. The molecule has 3 saturated heterocycles. The van der Waals surface area contributed by atoms with Crippen molar-refractivity contribution in [2.24, 2.45) is 21.7 Å². The number of cyclic esters (lactones) is 1. The van der Waals surface area contributed by atoms with E-state index in [1.165, 1.54) is 16.3 Å². The molecule has 0 radical (unpaired) electrons. The summed E-state index contributed by atoms with van der Waals surface area (Å²) in [5.74, 6) is 3.94. The Balaban J connectivity index is 1.22. The number of rotatable bonds is 11. The van der Waals surface area contributed by atoms with Crippen molar-refractivity contribution >= 4 is 63.6 Å². The highest BCUT2D eigenvalue weighted by Crippen LogP contribution is 2.44. The Morgan fingerprint density at radius 1 is 1.12 bits per heavy atom. The average Bonchev–Trinajstić information content (AvgIpc) is 4.05. The quantitative estimate of drug-likeness (QED) is 0.0916. The van der Waals surface area contributed by atoms with E-state index in [9.17, 15) is 24.0 Å². The summed E-state index contributed by atoms with van der Waals surface area (Å²) in [6, 6.07) is 3.60. The van der Waals surface area contributed by atoms with Gasteiger partial charge >= 0.3 is 5.97 Å². The zero-order valence-corrected chi connectivity index (χ0v) is 46.0. The van der Waals surface area contributed by atoms with E-state index in [1.807, 2.05) is 72.0 Å². The molecule has 17 heteroatoms. The number of likely N-dealkylation sites (tertiary alicyclic amines) is 2. The zero-order valence-electron chi connectivity index (χ0n) is 45.1. The molecule has 2 aromatic heterocycles. The van der Waals surface area contributed by atoms with Crippen molar-refractivity contribution in [3.8, 4) is 23.1 Å². The number of ether oxygens (including phenoxy) is 2. The van der Waals surface area contributed by atoms with Gasteiger partial charge in [0.25, 0.3) is 11.8 Å². The number of aromatic nitrogens is 2. The number of hydrazine groups is 1. The molecule has 2 N–H and O–H groups in total. The molecule has 394 valence electrons. The molecule has 4 aliphatic heterocycles. The van der Waals surface area contributed by atoms with Gasteiger partial charge in [0.15, 0.2) is 0 Å². The summed E-state index contributed by atoms with van der Waals surface area (Å²) in [5.41, 5.74) is 7.71. The number of benzene rings is 1. The molecule has 0 aliphatic carbocycles. The lowest BCUT2D eigenvalue weighted by Crippen LogP contribution is -2.62. The highest BCUT2D eigenvalue weighted by atomic mass is 32.1. The zero-order chi connectivity index (χ0) is 53.2. The number of nitrogens with one attached hydrogen (secondary N) is 2. The predicted octanol–water partition coefficient (Wildman–Crippen LogP) is 6.67. The largest absolute Gasteiger partial charge is 0.464 e.